The Morgan fingerprint density at radius 2 is 1.86 bits per heavy atom. The minimum atomic E-state index is -1.58. The molecule has 0 spiro atoms. The summed E-state index contributed by atoms with van der Waals surface area (Å²) in [6.07, 6.45) is 0.658. The third kappa shape index (κ3) is 5.98. The summed E-state index contributed by atoms with van der Waals surface area (Å²) in [6.45, 7) is 4.81. The summed E-state index contributed by atoms with van der Waals surface area (Å²) in [4.78, 5) is 24.3. The zero-order valence-corrected chi connectivity index (χ0v) is 17.5. The van der Waals surface area contributed by atoms with E-state index in [1.807, 2.05) is 50.2 Å². The van der Waals surface area contributed by atoms with Gasteiger partial charge in [-0.15, -0.1) is 0 Å². The highest BCUT2D eigenvalue weighted by Gasteiger charge is 2.21. The number of ether oxygens (including phenoxy) is 1. The maximum absolute atomic E-state index is 12.2. The maximum atomic E-state index is 12.2. The molecule has 0 aromatic heterocycles. The predicted octanol–water partition coefficient (Wildman–Crippen LogP) is 2.42. The number of anilines is 1. The fourth-order valence-corrected chi connectivity index (χ4v) is 4.25. The van der Waals surface area contributed by atoms with E-state index < -0.39 is 10.8 Å². The Bertz CT molecular complexity index is 929. The Morgan fingerprint density at radius 1 is 1.10 bits per heavy atom. The normalized spacial score (nSPS) is 16.6. The summed E-state index contributed by atoms with van der Waals surface area (Å²) in [7, 11) is -1.58. The molecule has 0 saturated carbocycles. The van der Waals surface area contributed by atoms with E-state index >= 15 is 0 Å². The van der Waals surface area contributed by atoms with Gasteiger partial charge in [0.1, 0.15) is 17.6 Å². The van der Waals surface area contributed by atoms with Crippen molar-refractivity contribution in [2.75, 3.05) is 30.0 Å². The zero-order chi connectivity index (χ0) is 20.8. The fraction of sp³-hybridized carbons (Fsp3) is 0.364. The summed E-state index contributed by atoms with van der Waals surface area (Å²) < 4.78 is 18.0. The van der Waals surface area contributed by atoms with Gasteiger partial charge in [0, 0.05) is 23.0 Å². The average Bonchev–Trinajstić information content (AvgIpc) is 2.68. The van der Waals surface area contributed by atoms with E-state index in [9.17, 15) is 13.8 Å². The highest BCUT2D eigenvalue weighted by Crippen LogP contribution is 2.26. The number of rotatable bonds is 7. The molecule has 0 aliphatic carbocycles. The molecule has 2 N–H and O–H groups in total. The summed E-state index contributed by atoms with van der Waals surface area (Å²) >= 11 is 0. The number of aryl methyl sites for hydroxylation is 2. The lowest BCUT2D eigenvalue weighted by Gasteiger charge is -2.26. The molecule has 2 amide bonds. The Balaban J connectivity index is 1.45. The first kappa shape index (κ1) is 21.2. The Hall–Kier alpha value is -2.51. The van der Waals surface area contributed by atoms with Crippen molar-refractivity contribution < 1.29 is 18.5 Å². The quantitative estimate of drug-likeness (QED) is 0.729. The van der Waals surface area contributed by atoms with Crippen LogP contribution in [0.1, 0.15) is 28.4 Å². The first-order chi connectivity index (χ1) is 13.9. The van der Waals surface area contributed by atoms with E-state index in [2.05, 4.69) is 16.7 Å². The molecular weight excluding hydrogens is 388 g/mol. The van der Waals surface area contributed by atoms with E-state index in [4.69, 9.17) is 4.74 Å². The van der Waals surface area contributed by atoms with Crippen LogP contribution in [0.4, 0.5) is 5.69 Å². The van der Waals surface area contributed by atoms with E-state index in [1.165, 1.54) is 5.56 Å². The first-order valence-electron chi connectivity index (χ1n) is 9.60. The van der Waals surface area contributed by atoms with Crippen LogP contribution in [0.5, 0.6) is 0 Å². The Labute approximate surface area is 173 Å². The third-order valence-electron chi connectivity index (χ3n) is 4.82. The highest BCUT2D eigenvalue weighted by molar-refractivity contribution is 7.86. The van der Waals surface area contributed by atoms with E-state index in [1.54, 1.807) is 0 Å². The number of hydrogen-bond acceptors (Lipinski definition) is 4. The van der Waals surface area contributed by atoms with E-state index in [0.29, 0.717) is 18.8 Å². The number of carbonyl (C=O) groups excluding carboxylic acids is 2. The van der Waals surface area contributed by atoms with Gasteiger partial charge >= 0.3 is 0 Å². The smallest absolute Gasteiger partial charge is 0.237 e. The molecule has 0 unspecified atom stereocenters. The molecule has 0 fully saturated rings. The van der Waals surface area contributed by atoms with Crippen molar-refractivity contribution in [2.24, 2.45) is 0 Å². The molecule has 0 saturated heterocycles. The van der Waals surface area contributed by atoms with Crippen LogP contribution in [0, 0.1) is 13.8 Å². The van der Waals surface area contributed by atoms with Crippen molar-refractivity contribution in [1.82, 2.24) is 5.32 Å². The summed E-state index contributed by atoms with van der Waals surface area (Å²) in [6, 6.07) is 13.7. The van der Waals surface area contributed by atoms with Crippen LogP contribution < -0.4 is 10.6 Å². The molecule has 154 valence electrons. The van der Waals surface area contributed by atoms with E-state index in [0.717, 1.165) is 23.1 Å². The molecule has 1 heterocycles. The Kier molecular flexibility index (Phi) is 7.17. The lowest BCUT2D eigenvalue weighted by Crippen LogP contribution is -2.35. The van der Waals surface area contributed by atoms with Crippen molar-refractivity contribution in [2.45, 2.75) is 26.4 Å². The second-order valence-corrected chi connectivity index (χ2v) is 8.66. The molecule has 29 heavy (non-hydrogen) atoms. The lowest BCUT2D eigenvalue weighted by atomic mass is 9.97. The van der Waals surface area contributed by atoms with Crippen LogP contribution in [0.2, 0.25) is 0 Å². The number of benzene rings is 2. The molecule has 2 aromatic rings. The van der Waals surface area contributed by atoms with Crippen molar-refractivity contribution in [3.63, 3.8) is 0 Å². The minimum absolute atomic E-state index is 0.204. The fourth-order valence-electron chi connectivity index (χ4n) is 3.39. The van der Waals surface area contributed by atoms with Crippen LogP contribution in [0.25, 0.3) is 0 Å². The molecule has 1 aliphatic heterocycles. The van der Waals surface area contributed by atoms with Crippen molar-refractivity contribution in [3.05, 3.63) is 64.7 Å². The van der Waals surface area contributed by atoms with Gasteiger partial charge < -0.3 is 15.4 Å². The topological polar surface area (TPSA) is 84.5 Å². The van der Waals surface area contributed by atoms with Gasteiger partial charge in [0.15, 0.2) is 0 Å². The lowest BCUT2D eigenvalue weighted by molar-refractivity contribution is -0.119. The van der Waals surface area contributed by atoms with Crippen molar-refractivity contribution in [1.29, 1.82) is 0 Å². The van der Waals surface area contributed by atoms with Gasteiger partial charge in [0.25, 0.3) is 0 Å². The van der Waals surface area contributed by atoms with Crippen LogP contribution in [-0.4, -0.2) is 40.7 Å². The Morgan fingerprint density at radius 3 is 2.66 bits per heavy atom. The van der Waals surface area contributed by atoms with Gasteiger partial charge in [-0.2, -0.15) is 0 Å². The van der Waals surface area contributed by atoms with Crippen molar-refractivity contribution in [3.8, 4) is 0 Å². The second kappa shape index (κ2) is 9.80. The minimum Gasteiger partial charge on any atom is -0.371 e. The molecule has 7 heteroatoms. The van der Waals surface area contributed by atoms with Gasteiger partial charge in [0.05, 0.1) is 6.61 Å². The highest BCUT2D eigenvalue weighted by atomic mass is 32.2. The predicted molar refractivity (Wildman–Crippen MR) is 114 cm³/mol. The first-order valence-corrected chi connectivity index (χ1v) is 11.1. The summed E-state index contributed by atoms with van der Waals surface area (Å²) in [5.41, 5.74) is 5.03. The molecule has 2 atom stereocenters. The van der Waals surface area contributed by atoms with Crippen LogP contribution in [-0.2, 0) is 31.5 Å². The van der Waals surface area contributed by atoms with Gasteiger partial charge in [-0.3, -0.25) is 13.8 Å². The van der Waals surface area contributed by atoms with Gasteiger partial charge in [-0.1, -0.05) is 42.0 Å². The van der Waals surface area contributed by atoms with Crippen LogP contribution in [0.15, 0.2) is 42.5 Å². The zero-order valence-electron chi connectivity index (χ0n) is 16.7. The van der Waals surface area contributed by atoms with E-state index in [-0.39, 0.29) is 29.4 Å². The maximum Gasteiger partial charge on any atom is 0.237 e. The SMILES string of the molecule is Cc1ccc(NC(=O)C[S@@](=O)CC(=O)NC[C@H]2OCCc3ccccc32)c(C)c1. The number of nitrogens with one attached hydrogen (secondary N) is 2. The monoisotopic (exact) mass is 414 g/mol. The molecular formula is C22H26N2O4S. The molecule has 0 bridgehead atoms. The standard InChI is InChI=1S/C22H26N2O4S/c1-15-7-8-19(16(2)11-15)24-22(26)14-29(27)13-21(25)23-12-20-18-6-4-3-5-17(18)9-10-28-20/h3-8,11,20H,9-10,12-14H2,1-2H3,(H,23,25)(H,24,26)/t20-,29+/m1/s1. The van der Waals surface area contributed by atoms with Crippen LogP contribution >= 0.6 is 0 Å². The van der Waals surface area contributed by atoms with Gasteiger partial charge in [0.2, 0.25) is 11.8 Å². The number of amides is 2. The summed E-state index contributed by atoms with van der Waals surface area (Å²) in [5.74, 6) is -1.15. The summed E-state index contributed by atoms with van der Waals surface area (Å²) in [5, 5.41) is 5.53. The second-order valence-electron chi connectivity index (χ2n) is 7.21. The van der Waals surface area contributed by atoms with Gasteiger partial charge in [-0.05, 0) is 43.0 Å². The molecule has 1 aliphatic rings. The molecule has 6 nitrogen and oxygen atoms in total. The largest absolute Gasteiger partial charge is 0.371 e. The molecule has 0 radical (unpaired) electrons. The number of fused-ring (bicyclic) bond motifs is 1. The third-order valence-corrected chi connectivity index (χ3v) is 5.99. The van der Waals surface area contributed by atoms with Gasteiger partial charge in [-0.25, -0.2) is 0 Å². The number of carbonyl (C=O) groups is 2. The molecule has 2 aromatic carbocycles. The average molecular weight is 415 g/mol. The molecule has 3 rings (SSSR count). The van der Waals surface area contributed by atoms with Crippen LogP contribution in [0.3, 0.4) is 0 Å². The number of hydrogen-bond donors (Lipinski definition) is 2. The van der Waals surface area contributed by atoms with Crippen molar-refractivity contribution >= 4 is 28.3 Å².